The number of carbonyl (C=O) groups is 5. The number of esters is 2. The Kier molecular flexibility index (Phi) is 24.9. The summed E-state index contributed by atoms with van der Waals surface area (Å²) in [6, 6.07) is -0.0349. The lowest BCUT2D eigenvalue weighted by Crippen LogP contribution is -2.42. The molecule has 2 bridgehead atoms. The molecule has 3 aliphatic rings. The Bertz CT molecular complexity index is 1910. The molecule has 2 fully saturated rings. The minimum atomic E-state index is -0.544. The number of carbonyl (C=O) groups excluding carboxylic acids is 5. The fourth-order valence-electron chi connectivity index (χ4n) is 7.77. The van der Waals surface area contributed by atoms with Crippen molar-refractivity contribution in [2.45, 2.75) is 127 Å². The molecular weight excluding hydrogens is 895 g/mol. The fraction of sp³-hybridized carbons (Fsp3) is 0.633. The minimum absolute atomic E-state index is 0.00152. The van der Waals surface area contributed by atoms with Crippen LogP contribution in [0.2, 0.25) is 0 Å². The third kappa shape index (κ3) is 22.6. The monoisotopic (exact) mass is 970 g/mol. The van der Waals surface area contributed by atoms with Gasteiger partial charge >= 0.3 is 18.0 Å². The molecule has 7 atom stereocenters. The largest absolute Gasteiger partial charge is 0.462 e. The number of unbranched alkanes of at least 4 members (excludes halogenated alkanes) is 1. The van der Waals surface area contributed by atoms with Gasteiger partial charge in [-0.15, -0.1) is 11.3 Å². The number of hydrogen-bond acceptors (Lipinski definition) is 14. The van der Waals surface area contributed by atoms with Crippen molar-refractivity contribution in [3.05, 3.63) is 75.3 Å². The molecule has 1 aromatic rings. The average molecular weight is 970 g/mol. The van der Waals surface area contributed by atoms with Gasteiger partial charge in [0.15, 0.2) is 0 Å². The summed E-state index contributed by atoms with van der Waals surface area (Å²) >= 11 is 3.38. The molecule has 16 nitrogen and oxygen atoms in total. The number of thiazole rings is 1. The number of likely N-dealkylation sites (N-methyl/N-ethyl adjacent to an activating group) is 1. The standard InChI is InChI=1S/C49H75N7O9S2/c1-33(17-20-56(6)7)15-16-35(3)26-39-29-45-53-40(31-67-45)36(4)27-38(28-47(60)64-37(5)25-34(2)11-10-14-46(59)65-39)52-30-44(58)51-19-22-63-24-23-62-21-18-50-43(57)13-9-8-12-42-48-41(32-66-42)54-49(61)55-48/h10-11,14-17,26,31,36-39,41-42,48,52H,8-9,12-13,18-25,27-30,32H2,1-7H3,(H,50,57)(H,51,58)(H2,54,55,61)/b14-10-,16-15+,33-17+,34-11+,35-26+/t36-,37-,38+,39-,41?,42?,48?/m0/s1. The van der Waals surface area contributed by atoms with Crippen LogP contribution in [0.15, 0.2) is 64.6 Å². The van der Waals surface area contributed by atoms with Crippen molar-refractivity contribution in [2.24, 2.45) is 0 Å². The first-order valence-electron chi connectivity index (χ1n) is 23.6. The first kappa shape index (κ1) is 55.3. The van der Waals surface area contributed by atoms with Gasteiger partial charge in [-0.05, 0) is 67.1 Å². The Labute approximate surface area is 406 Å². The van der Waals surface area contributed by atoms with Gasteiger partial charge < -0.3 is 50.4 Å². The van der Waals surface area contributed by atoms with E-state index in [4.69, 9.17) is 23.9 Å². The molecule has 5 N–H and O–H groups in total. The van der Waals surface area contributed by atoms with Crippen LogP contribution in [-0.2, 0) is 44.5 Å². The quantitative estimate of drug-likeness (QED) is 0.0436. The SMILES string of the molecule is CC(/C=C/C(C)=C/[C@H]1Cc2nc(cs2)[C@@H](C)C[C@@H](NCC(=O)NCCOCCOCCNC(=O)CCCCC2SCC3NC(=O)NC32)CC(=O)O[C@@H](C)C/C(C)=C/C=C\C(=O)O1)=C\CN(C)C. The van der Waals surface area contributed by atoms with Gasteiger partial charge in [0.05, 0.1) is 62.2 Å². The zero-order chi connectivity index (χ0) is 48.6. The van der Waals surface area contributed by atoms with Crippen LogP contribution in [0.1, 0.15) is 96.2 Å². The van der Waals surface area contributed by atoms with Gasteiger partial charge in [-0.1, -0.05) is 60.4 Å². The predicted octanol–water partition coefficient (Wildman–Crippen LogP) is 5.28. The van der Waals surface area contributed by atoms with Crippen molar-refractivity contribution in [3.63, 3.8) is 0 Å². The molecule has 0 aromatic carbocycles. The van der Waals surface area contributed by atoms with E-state index in [0.717, 1.165) is 59.0 Å². The Morgan fingerprint density at radius 1 is 0.940 bits per heavy atom. The van der Waals surface area contributed by atoms with Crippen molar-refractivity contribution in [1.29, 1.82) is 0 Å². The molecule has 0 saturated carbocycles. The van der Waals surface area contributed by atoms with Gasteiger partial charge in [0.1, 0.15) is 12.2 Å². The van der Waals surface area contributed by atoms with Crippen LogP contribution in [0.25, 0.3) is 0 Å². The number of rotatable bonds is 22. The number of thioether (sulfide) groups is 1. The third-order valence-corrected chi connectivity index (χ3v) is 13.7. The number of urea groups is 1. The smallest absolute Gasteiger partial charge is 0.331 e. The summed E-state index contributed by atoms with van der Waals surface area (Å²) in [5.74, 6) is -0.182. The number of cyclic esters (lactones) is 2. The van der Waals surface area contributed by atoms with Gasteiger partial charge in [0.25, 0.3) is 0 Å². The van der Waals surface area contributed by atoms with Gasteiger partial charge in [0, 0.05) is 73.3 Å². The molecule has 18 heteroatoms. The summed E-state index contributed by atoms with van der Waals surface area (Å²) in [6.45, 7) is 12.8. The normalized spacial score (nSPS) is 25.8. The van der Waals surface area contributed by atoms with E-state index in [0.29, 0.717) is 70.5 Å². The summed E-state index contributed by atoms with van der Waals surface area (Å²) in [6.07, 6.45) is 16.8. The molecule has 67 heavy (non-hydrogen) atoms. The van der Waals surface area contributed by atoms with E-state index >= 15 is 0 Å². The topological polar surface area (TPSA) is 199 Å². The molecule has 2 saturated heterocycles. The highest BCUT2D eigenvalue weighted by atomic mass is 32.2. The number of ether oxygens (including phenoxy) is 4. The molecule has 3 unspecified atom stereocenters. The van der Waals surface area contributed by atoms with E-state index in [9.17, 15) is 24.0 Å². The van der Waals surface area contributed by atoms with E-state index in [2.05, 4.69) is 50.6 Å². The molecule has 4 heterocycles. The molecule has 4 rings (SSSR count). The lowest BCUT2D eigenvalue weighted by atomic mass is 9.97. The Morgan fingerprint density at radius 2 is 1.67 bits per heavy atom. The number of hydrogen-bond donors (Lipinski definition) is 5. The summed E-state index contributed by atoms with van der Waals surface area (Å²) < 4.78 is 22.9. The van der Waals surface area contributed by atoms with Crippen molar-refractivity contribution in [1.82, 2.24) is 36.5 Å². The Balaban J connectivity index is 1.18. The van der Waals surface area contributed by atoms with Crippen molar-refractivity contribution >= 4 is 52.9 Å². The lowest BCUT2D eigenvalue weighted by Gasteiger charge is -2.22. The summed E-state index contributed by atoms with van der Waals surface area (Å²) in [7, 11) is 4.05. The van der Waals surface area contributed by atoms with Gasteiger partial charge in [0.2, 0.25) is 11.8 Å². The van der Waals surface area contributed by atoms with Gasteiger partial charge in [-0.3, -0.25) is 14.4 Å². The average Bonchev–Trinajstić information content (AvgIpc) is 3.99. The summed E-state index contributed by atoms with van der Waals surface area (Å²) in [5.41, 5.74) is 3.88. The lowest BCUT2D eigenvalue weighted by molar-refractivity contribution is -0.149. The highest BCUT2D eigenvalue weighted by molar-refractivity contribution is 8.00. The second kappa shape index (κ2) is 30.2. The molecular formula is C49H75N7O9S2. The van der Waals surface area contributed by atoms with Crippen molar-refractivity contribution < 1.29 is 42.9 Å². The van der Waals surface area contributed by atoms with Crippen molar-refractivity contribution in [2.75, 3.05) is 72.5 Å². The molecule has 3 aliphatic heterocycles. The highest BCUT2D eigenvalue weighted by Crippen LogP contribution is 2.33. The Hall–Kier alpha value is -4.33. The van der Waals surface area contributed by atoms with Crippen LogP contribution in [-0.4, -0.2) is 148 Å². The molecule has 0 radical (unpaired) electrons. The van der Waals surface area contributed by atoms with Crippen LogP contribution in [0.4, 0.5) is 4.79 Å². The first-order chi connectivity index (χ1) is 32.1. The van der Waals surface area contributed by atoms with Gasteiger partial charge in [-0.25, -0.2) is 14.6 Å². The number of amides is 4. The molecule has 0 aliphatic carbocycles. The first-order valence-corrected chi connectivity index (χ1v) is 25.5. The second-order valence-corrected chi connectivity index (χ2v) is 20.1. The van der Waals surface area contributed by atoms with E-state index < -0.39 is 18.2 Å². The second-order valence-electron chi connectivity index (χ2n) is 17.9. The number of allylic oxidation sites excluding steroid dienone is 6. The minimum Gasteiger partial charge on any atom is -0.462 e. The van der Waals surface area contributed by atoms with Crippen molar-refractivity contribution in [3.8, 4) is 0 Å². The van der Waals surface area contributed by atoms with E-state index in [1.165, 1.54) is 17.4 Å². The number of nitrogens with zero attached hydrogens (tertiary/aromatic N) is 2. The number of nitrogens with one attached hydrogen (secondary N) is 5. The maximum Gasteiger partial charge on any atom is 0.331 e. The maximum atomic E-state index is 13.2. The highest BCUT2D eigenvalue weighted by Gasteiger charge is 2.42. The van der Waals surface area contributed by atoms with E-state index in [1.807, 2.05) is 77.2 Å². The third-order valence-electron chi connectivity index (χ3n) is 11.3. The Morgan fingerprint density at radius 3 is 2.42 bits per heavy atom. The summed E-state index contributed by atoms with van der Waals surface area (Å²) in [5, 5.41) is 18.2. The predicted molar refractivity (Wildman–Crippen MR) is 265 cm³/mol. The molecule has 372 valence electrons. The van der Waals surface area contributed by atoms with Crippen LogP contribution in [0.5, 0.6) is 0 Å². The van der Waals surface area contributed by atoms with Crippen LogP contribution >= 0.6 is 23.1 Å². The van der Waals surface area contributed by atoms with E-state index in [-0.39, 0.29) is 60.8 Å². The van der Waals surface area contributed by atoms with Gasteiger partial charge in [-0.2, -0.15) is 11.8 Å². The molecule has 0 spiro atoms. The maximum absolute atomic E-state index is 13.2. The molecule has 1 aromatic heterocycles. The van der Waals surface area contributed by atoms with Crippen LogP contribution in [0.3, 0.4) is 0 Å². The number of fused-ring (bicyclic) bond motifs is 3. The fourth-order valence-corrected chi connectivity index (χ4v) is 10.3. The van der Waals surface area contributed by atoms with E-state index in [1.54, 1.807) is 6.08 Å². The van der Waals surface area contributed by atoms with Crippen LogP contribution < -0.4 is 26.6 Å². The van der Waals surface area contributed by atoms with Crippen LogP contribution in [0, 0.1) is 0 Å². The summed E-state index contributed by atoms with van der Waals surface area (Å²) in [4.78, 5) is 69.9. The zero-order valence-corrected chi connectivity index (χ0v) is 42.2. The number of aromatic nitrogens is 1. The molecule has 4 amide bonds. The zero-order valence-electron chi connectivity index (χ0n) is 40.6.